The maximum atomic E-state index is 13.7. The lowest BCUT2D eigenvalue weighted by atomic mass is 10.2. The van der Waals surface area contributed by atoms with Crippen molar-refractivity contribution in [3.63, 3.8) is 0 Å². The van der Waals surface area contributed by atoms with E-state index >= 15 is 0 Å². The van der Waals surface area contributed by atoms with Crippen molar-refractivity contribution in [3.8, 4) is 10.6 Å². The van der Waals surface area contributed by atoms with E-state index in [2.05, 4.69) is 10.00 Å². The lowest BCUT2D eigenvalue weighted by Gasteiger charge is -2.35. The zero-order valence-electron chi connectivity index (χ0n) is 17.8. The highest BCUT2D eigenvalue weighted by Gasteiger charge is 2.33. The highest BCUT2D eigenvalue weighted by molar-refractivity contribution is 7.89. The van der Waals surface area contributed by atoms with E-state index in [1.54, 1.807) is 23.0 Å². The summed E-state index contributed by atoms with van der Waals surface area (Å²) < 4.78 is 43.8. The van der Waals surface area contributed by atoms with E-state index in [4.69, 9.17) is 0 Å². The van der Waals surface area contributed by atoms with Gasteiger partial charge in [0.25, 0.3) is 0 Å². The number of rotatable bonds is 6. The number of thiophene rings is 1. The second-order valence-electron chi connectivity index (χ2n) is 7.87. The molecule has 1 aliphatic heterocycles. The number of halogens is 1. The molecule has 1 aliphatic rings. The number of hydrogen-bond acceptors (Lipinski definition) is 5. The Labute approximate surface area is 196 Å². The molecule has 33 heavy (non-hydrogen) atoms. The van der Waals surface area contributed by atoms with Crippen LogP contribution in [0, 0.1) is 5.82 Å². The molecule has 0 saturated carbocycles. The maximum Gasteiger partial charge on any atom is 0.246 e. The summed E-state index contributed by atoms with van der Waals surface area (Å²) >= 11 is 1.47. The molecule has 3 heterocycles. The van der Waals surface area contributed by atoms with Crippen LogP contribution >= 0.6 is 11.3 Å². The monoisotopic (exact) mass is 482 g/mol. The Balaban J connectivity index is 1.41. The summed E-state index contributed by atoms with van der Waals surface area (Å²) in [5.41, 5.74) is 2.43. The predicted molar refractivity (Wildman–Crippen MR) is 128 cm³/mol. The lowest BCUT2D eigenvalue weighted by Crippen LogP contribution is -2.48. The average Bonchev–Trinajstić information content (AvgIpc) is 3.51. The van der Waals surface area contributed by atoms with E-state index < -0.39 is 10.0 Å². The van der Waals surface area contributed by atoms with Gasteiger partial charge in [-0.25, -0.2) is 12.8 Å². The highest BCUT2D eigenvalue weighted by atomic mass is 32.2. The van der Waals surface area contributed by atoms with Crippen LogP contribution in [0.15, 0.2) is 83.2 Å². The van der Waals surface area contributed by atoms with E-state index in [1.807, 2.05) is 47.8 Å². The van der Waals surface area contributed by atoms with Gasteiger partial charge >= 0.3 is 0 Å². The highest BCUT2D eigenvalue weighted by Crippen LogP contribution is 2.32. The van der Waals surface area contributed by atoms with Crippen LogP contribution in [0.4, 0.5) is 10.1 Å². The first-order valence-electron chi connectivity index (χ1n) is 10.7. The van der Waals surface area contributed by atoms with E-state index in [1.165, 1.54) is 27.8 Å². The van der Waals surface area contributed by atoms with E-state index in [0.29, 0.717) is 38.4 Å². The van der Waals surface area contributed by atoms with Crippen LogP contribution in [0.1, 0.15) is 5.56 Å². The van der Waals surface area contributed by atoms with E-state index in [0.717, 1.165) is 16.1 Å². The van der Waals surface area contributed by atoms with Crippen molar-refractivity contribution in [1.29, 1.82) is 0 Å². The van der Waals surface area contributed by atoms with E-state index in [-0.39, 0.29) is 10.7 Å². The van der Waals surface area contributed by atoms with E-state index in [9.17, 15) is 12.8 Å². The third-order valence-electron chi connectivity index (χ3n) is 5.72. The maximum absolute atomic E-state index is 13.7. The Morgan fingerprint density at radius 1 is 0.909 bits per heavy atom. The molecule has 5 rings (SSSR count). The molecule has 4 aromatic rings. The summed E-state index contributed by atoms with van der Waals surface area (Å²) in [6, 6.07) is 19.9. The molecule has 0 aliphatic carbocycles. The third kappa shape index (κ3) is 4.57. The molecule has 0 bridgehead atoms. The largest absolute Gasteiger partial charge is 0.369 e. The van der Waals surface area contributed by atoms with Gasteiger partial charge in [0.05, 0.1) is 11.4 Å². The summed E-state index contributed by atoms with van der Waals surface area (Å²) in [4.78, 5) is 3.13. The Hall–Kier alpha value is -3.01. The minimum Gasteiger partial charge on any atom is -0.369 e. The molecule has 0 N–H and O–H groups in total. The number of hydrogen-bond donors (Lipinski definition) is 0. The molecular formula is C24H23FN4O2S2. The Bertz CT molecular complexity index is 1310. The summed E-state index contributed by atoms with van der Waals surface area (Å²) in [5, 5.41) is 6.58. The molecule has 170 valence electrons. The first kappa shape index (κ1) is 21.8. The zero-order valence-corrected chi connectivity index (χ0v) is 19.5. The molecule has 0 radical (unpaired) electrons. The van der Waals surface area contributed by atoms with Crippen LogP contribution < -0.4 is 4.90 Å². The van der Waals surface area contributed by atoms with Crippen molar-refractivity contribution in [2.75, 3.05) is 31.1 Å². The quantitative estimate of drug-likeness (QED) is 0.411. The molecule has 9 heteroatoms. The number of anilines is 1. The molecule has 2 aromatic carbocycles. The standard InChI is InChI=1S/C24H23FN4O2S2/c25-20-8-10-21(11-9-20)27-12-14-29(15-13-27)33(30,31)23-18-28(17-19-5-2-1-3-6-19)26-24(23)22-7-4-16-32-22/h1-11,16,18H,12-15,17H2. The zero-order chi connectivity index (χ0) is 22.8. The lowest BCUT2D eigenvalue weighted by molar-refractivity contribution is 0.385. The Kier molecular flexibility index (Phi) is 6.01. The van der Waals surface area contributed by atoms with Crippen molar-refractivity contribution in [2.45, 2.75) is 11.4 Å². The molecule has 6 nitrogen and oxygen atoms in total. The third-order valence-corrected chi connectivity index (χ3v) is 8.49. The Morgan fingerprint density at radius 3 is 2.30 bits per heavy atom. The van der Waals surface area contributed by atoms with Crippen LogP contribution in [-0.2, 0) is 16.6 Å². The van der Waals surface area contributed by atoms with Crippen LogP contribution in [0.25, 0.3) is 10.6 Å². The van der Waals surface area contributed by atoms with Gasteiger partial charge in [0.15, 0.2) is 0 Å². The summed E-state index contributed by atoms with van der Waals surface area (Å²) in [5.74, 6) is -0.284. The summed E-state index contributed by atoms with van der Waals surface area (Å²) in [7, 11) is -3.73. The van der Waals surface area contributed by atoms with Gasteiger partial charge in [-0.2, -0.15) is 9.40 Å². The van der Waals surface area contributed by atoms with Crippen LogP contribution in [0.3, 0.4) is 0 Å². The molecule has 0 spiro atoms. The second kappa shape index (κ2) is 9.09. The van der Waals surface area contributed by atoms with Crippen LogP contribution in [0.5, 0.6) is 0 Å². The van der Waals surface area contributed by atoms with Crippen molar-refractivity contribution in [2.24, 2.45) is 0 Å². The fourth-order valence-corrected chi connectivity index (χ4v) is 6.37. The normalized spacial score (nSPS) is 15.1. The molecule has 1 saturated heterocycles. The second-order valence-corrected chi connectivity index (χ2v) is 10.7. The predicted octanol–water partition coefficient (Wildman–Crippen LogP) is 4.31. The minimum absolute atomic E-state index is 0.233. The van der Waals surface area contributed by atoms with Gasteiger partial charge in [0.1, 0.15) is 16.4 Å². The van der Waals surface area contributed by atoms with Gasteiger partial charge in [-0.05, 0) is 41.3 Å². The van der Waals surface area contributed by atoms with Crippen LogP contribution in [-0.4, -0.2) is 48.7 Å². The topological polar surface area (TPSA) is 58.4 Å². The first-order chi connectivity index (χ1) is 16.0. The average molecular weight is 483 g/mol. The number of aromatic nitrogens is 2. The minimum atomic E-state index is -3.73. The van der Waals surface area contributed by atoms with Crippen molar-refractivity contribution in [1.82, 2.24) is 14.1 Å². The fourth-order valence-electron chi connectivity index (χ4n) is 4.00. The van der Waals surface area contributed by atoms with Crippen molar-refractivity contribution in [3.05, 3.63) is 89.7 Å². The number of nitrogens with zero attached hydrogens (tertiary/aromatic N) is 4. The van der Waals surface area contributed by atoms with Gasteiger partial charge < -0.3 is 4.90 Å². The smallest absolute Gasteiger partial charge is 0.246 e. The summed E-state index contributed by atoms with van der Waals surface area (Å²) in [6.45, 7) is 2.28. The number of benzene rings is 2. The van der Waals surface area contributed by atoms with Gasteiger partial charge in [0, 0.05) is 38.1 Å². The molecule has 1 fully saturated rings. The van der Waals surface area contributed by atoms with Gasteiger partial charge in [-0.3, -0.25) is 4.68 Å². The van der Waals surface area contributed by atoms with Crippen molar-refractivity contribution >= 4 is 27.0 Å². The fraction of sp³-hybridized carbons (Fsp3) is 0.208. The van der Waals surface area contributed by atoms with Gasteiger partial charge in [-0.15, -0.1) is 11.3 Å². The molecule has 0 amide bonds. The molecule has 0 unspecified atom stereocenters. The Morgan fingerprint density at radius 2 is 1.64 bits per heavy atom. The van der Waals surface area contributed by atoms with Gasteiger partial charge in [0.2, 0.25) is 10.0 Å². The number of sulfonamides is 1. The molecular weight excluding hydrogens is 459 g/mol. The summed E-state index contributed by atoms with van der Waals surface area (Å²) in [6.07, 6.45) is 1.64. The molecule has 0 atom stereocenters. The SMILES string of the molecule is O=S(=O)(c1cn(Cc2ccccc2)nc1-c1cccs1)N1CCN(c2ccc(F)cc2)CC1. The van der Waals surface area contributed by atoms with Crippen molar-refractivity contribution < 1.29 is 12.8 Å². The molecule has 2 aromatic heterocycles. The van der Waals surface area contributed by atoms with Crippen LogP contribution in [0.2, 0.25) is 0 Å². The first-order valence-corrected chi connectivity index (χ1v) is 13.0. The van der Waals surface area contributed by atoms with Gasteiger partial charge in [-0.1, -0.05) is 36.4 Å². The number of piperazine rings is 1.